The largest absolute Gasteiger partial charge is 0.466 e. The van der Waals surface area contributed by atoms with Crippen LogP contribution >= 0.6 is 27.5 Å². The Labute approximate surface area is 117 Å². The van der Waals surface area contributed by atoms with Gasteiger partial charge in [0.25, 0.3) is 6.43 Å². The number of esters is 1. The van der Waals surface area contributed by atoms with Gasteiger partial charge in [-0.1, -0.05) is 0 Å². The van der Waals surface area contributed by atoms with Crippen molar-refractivity contribution < 1.29 is 18.3 Å². The summed E-state index contributed by atoms with van der Waals surface area (Å²) in [6.07, 6.45) is -1.72. The molecule has 0 bridgehead atoms. The highest BCUT2D eigenvalue weighted by molar-refractivity contribution is 9.10. The van der Waals surface area contributed by atoms with E-state index in [1.54, 1.807) is 6.92 Å². The first-order valence-electron chi connectivity index (χ1n) is 5.17. The lowest BCUT2D eigenvalue weighted by atomic mass is 10.0. The van der Waals surface area contributed by atoms with Crippen molar-refractivity contribution in [2.24, 2.45) is 0 Å². The van der Waals surface area contributed by atoms with Crippen LogP contribution in [-0.4, -0.2) is 17.6 Å². The summed E-state index contributed by atoms with van der Waals surface area (Å²) in [6, 6.07) is 0. The van der Waals surface area contributed by atoms with E-state index in [2.05, 4.69) is 20.9 Å². The Kier molecular flexibility index (Phi) is 5.95. The number of carbonyl (C=O) groups is 1. The number of rotatable bonds is 5. The van der Waals surface area contributed by atoms with E-state index < -0.39 is 12.4 Å². The van der Waals surface area contributed by atoms with Gasteiger partial charge in [0.05, 0.1) is 18.9 Å². The Balaban J connectivity index is 3.15. The number of alkyl halides is 3. The van der Waals surface area contributed by atoms with E-state index in [0.29, 0.717) is 0 Å². The Morgan fingerprint density at radius 2 is 2.28 bits per heavy atom. The van der Waals surface area contributed by atoms with Crippen molar-refractivity contribution in [1.82, 2.24) is 4.98 Å². The molecule has 0 aliphatic heterocycles. The van der Waals surface area contributed by atoms with Crippen molar-refractivity contribution in [3.8, 4) is 0 Å². The highest BCUT2D eigenvalue weighted by atomic mass is 79.9. The normalized spacial score (nSPS) is 10.8. The molecule has 7 heteroatoms. The van der Waals surface area contributed by atoms with Gasteiger partial charge in [-0.2, -0.15) is 0 Å². The van der Waals surface area contributed by atoms with Gasteiger partial charge < -0.3 is 4.74 Å². The lowest BCUT2D eigenvalue weighted by Crippen LogP contribution is -2.11. The van der Waals surface area contributed by atoms with Gasteiger partial charge >= 0.3 is 5.97 Å². The van der Waals surface area contributed by atoms with E-state index >= 15 is 0 Å². The van der Waals surface area contributed by atoms with Crippen molar-refractivity contribution in [3.63, 3.8) is 0 Å². The molecule has 0 aliphatic carbocycles. The fourth-order valence-corrected chi connectivity index (χ4v) is 2.38. The fraction of sp³-hybridized carbons (Fsp3) is 0.455. The molecule has 1 aromatic rings. The standard InChI is InChI=1S/C11H11BrClF2NO2/c1-2-18-8(17)3-6-5-16-10(12)7(4-13)9(6)11(14)15/h5,11H,2-4H2,1H3. The van der Waals surface area contributed by atoms with Crippen molar-refractivity contribution in [1.29, 1.82) is 0 Å². The van der Waals surface area contributed by atoms with Gasteiger partial charge in [0, 0.05) is 17.3 Å². The van der Waals surface area contributed by atoms with E-state index in [9.17, 15) is 13.6 Å². The van der Waals surface area contributed by atoms with Gasteiger partial charge in [-0.05, 0) is 28.4 Å². The van der Waals surface area contributed by atoms with Gasteiger partial charge in [-0.15, -0.1) is 11.6 Å². The lowest BCUT2D eigenvalue weighted by molar-refractivity contribution is -0.142. The summed E-state index contributed by atoms with van der Waals surface area (Å²) < 4.78 is 31.1. The SMILES string of the molecule is CCOC(=O)Cc1cnc(Br)c(CCl)c1C(F)F. The maximum absolute atomic E-state index is 13.0. The second-order valence-corrected chi connectivity index (χ2v) is 4.40. The molecule has 18 heavy (non-hydrogen) atoms. The molecule has 0 amide bonds. The third kappa shape index (κ3) is 3.62. The number of hydrogen-bond donors (Lipinski definition) is 0. The molecule has 0 radical (unpaired) electrons. The Bertz CT molecular complexity index is 443. The molecule has 0 saturated carbocycles. The van der Waals surface area contributed by atoms with Gasteiger partial charge in [0.2, 0.25) is 0 Å². The van der Waals surface area contributed by atoms with Crippen LogP contribution in [0.15, 0.2) is 10.8 Å². The summed E-state index contributed by atoms with van der Waals surface area (Å²) in [5.41, 5.74) is 0.0932. The highest BCUT2D eigenvalue weighted by Crippen LogP contribution is 2.32. The molecular weight excluding hydrogens is 331 g/mol. The first kappa shape index (κ1) is 15.3. The second-order valence-electron chi connectivity index (χ2n) is 3.38. The Hall–Kier alpha value is -0.750. The van der Waals surface area contributed by atoms with Crippen molar-refractivity contribution in [3.05, 3.63) is 27.5 Å². The first-order chi connectivity index (χ1) is 8.51. The Morgan fingerprint density at radius 3 is 2.78 bits per heavy atom. The number of nitrogens with zero attached hydrogens (tertiary/aromatic N) is 1. The molecule has 0 unspecified atom stereocenters. The quantitative estimate of drug-likeness (QED) is 0.466. The van der Waals surface area contributed by atoms with Crippen LogP contribution in [0.3, 0.4) is 0 Å². The highest BCUT2D eigenvalue weighted by Gasteiger charge is 2.22. The third-order valence-corrected chi connectivity index (χ3v) is 3.20. The minimum absolute atomic E-state index is 0.107. The fourth-order valence-electron chi connectivity index (χ4n) is 1.49. The molecule has 0 spiro atoms. The van der Waals surface area contributed by atoms with Crippen LogP contribution in [0.25, 0.3) is 0 Å². The smallest absolute Gasteiger partial charge is 0.310 e. The van der Waals surface area contributed by atoms with Crippen LogP contribution < -0.4 is 0 Å². The first-order valence-corrected chi connectivity index (χ1v) is 6.49. The van der Waals surface area contributed by atoms with E-state index in [1.807, 2.05) is 0 Å². The van der Waals surface area contributed by atoms with Gasteiger partial charge in [-0.25, -0.2) is 13.8 Å². The topological polar surface area (TPSA) is 39.2 Å². The molecule has 0 atom stereocenters. The average molecular weight is 343 g/mol. The van der Waals surface area contributed by atoms with E-state index in [0.717, 1.165) is 0 Å². The molecule has 1 rings (SSSR count). The number of ether oxygens (including phenoxy) is 1. The minimum atomic E-state index is -2.72. The zero-order chi connectivity index (χ0) is 13.7. The van der Waals surface area contributed by atoms with Crippen molar-refractivity contribution in [2.45, 2.75) is 25.7 Å². The zero-order valence-corrected chi connectivity index (χ0v) is 11.9. The molecule has 100 valence electrons. The van der Waals surface area contributed by atoms with Gasteiger partial charge in [0.15, 0.2) is 0 Å². The van der Waals surface area contributed by atoms with Crippen molar-refractivity contribution in [2.75, 3.05) is 6.61 Å². The van der Waals surface area contributed by atoms with Crippen LogP contribution in [0.1, 0.15) is 30.0 Å². The van der Waals surface area contributed by atoms with Gasteiger partial charge in [-0.3, -0.25) is 4.79 Å². The number of pyridine rings is 1. The Morgan fingerprint density at radius 1 is 1.61 bits per heavy atom. The molecule has 0 aromatic carbocycles. The summed E-state index contributed by atoms with van der Waals surface area (Å²) >= 11 is 8.69. The number of hydrogen-bond acceptors (Lipinski definition) is 3. The van der Waals surface area contributed by atoms with E-state index in [1.165, 1.54) is 6.20 Å². The van der Waals surface area contributed by atoms with E-state index in [-0.39, 0.29) is 40.2 Å². The second kappa shape index (κ2) is 6.99. The molecule has 0 aliphatic rings. The summed E-state index contributed by atoms with van der Waals surface area (Å²) in [6.45, 7) is 1.85. The maximum atomic E-state index is 13.0. The van der Waals surface area contributed by atoms with Crippen molar-refractivity contribution >= 4 is 33.5 Å². The predicted octanol–water partition coefficient (Wildman–Crippen LogP) is 3.63. The van der Waals surface area contributed by atoms with Crippen LogP contribution in [0.4, 0.5) is 8.78 Å². The van der Waals surface area contributed by atoms with Crippen LogP contribution in [0.5, 0.6) is 0 Å². The summed E-state index contributed by atoms with van der Waals surface area (Å²) in [7, 11) is 0. The summed E-state index contributed by atoms with van der Waals surface area (Å²) in [4.78, 5) is 15.2. The molecule has 1 aromatic heterocycles. The van der Waals surface area contributed by atoms with Crippen LogP contribution in [0, 0.1) is 0 Å². The van der Waals surface area contributed by atoms with E-state index in [4.69, 9.17) is 16.3 Å². The third-order valence-electron chi connectivity index (χ3n) is 2.25. The summed E-state index contributed by atoms with van der Waals surface area (Å²) in [5, 5.41) is 0. The molecule has 0 fully saturated rings. The zero-order valence-electron chi connectivity index (χ0n) is 9.55. The number of carbonyl (C=O) groups excluding carboxylic acids is 1. The average Bonchev–Trinajstić information content (AvgIpc) is 2.30. The van der Waals surface area contributed by atoms with Crippen LogP contribution in [-0.2, 0) is 21.8 Å². The van der Waals surface area contributed by atoms with Gasteiger partial charge in [0.1, 0.15) is 4.60 Å². The monoisotopic (exact) mass is 341 g/mol. The lowest BCUT2D eigenvalue weighted by Gasteiger charge is -2.13. The molecule has 3 nitrogen and oxygen atoms in total. The minimum Gasteiger partial charge on any atom is -0.466 e. The number of halogens is 4. The summed E-state index contributed by atoms with van der Waals surface area (Å²) in [5.74, 6) is -0.673. The maximum Gasteiger partial charge on any atom is 0.310 e. The van der Waals surface area contributed by atoms with Crippen LogP contribution in [0.2, 0.25) is 0 Å². The molecule has 0 N–H and O–H groups in total. The predicted molar refractivity (Wildman–Crippen MR) is 66.8 cm³/mol. The molecule has 0 saturated heterocycles. The molecular formula is C11H11BrClF2NO2. The number of aromatic nitrogens is 1. The molecule has 1 heterocycles.